The van der Waals surface area contributed by atoms with Gasteiger partial charge in [-0.1, -0.05) is 18.2 Å². The van der Waals surface area contributed by atoms with Gasteiger partial charge in [-0.05, 0) is 36.6 Å². The SMILES string of the molecule is O=C(CCN1CCCc2cc(F)cc(F)c21)Nc1ccccc1. The average molecular weight is 316 g/mol. The van der Waals surface area contributed by atoms with E-state index < -0.39 is 11.6 Å². The zero-order chi connectivity index (χ0) is 16.2. The summed E-state index contributed by atoms with van der Waals surface area (Å²) in [5.74, 6) is -1.22. The molecule has 0 bridgehead atoms. The lowest BCUT2D eigenvalue weighted by Gasteiger charge is -2.31. The van der Waals surface area contributed by atoms with E-state index in [-0.39, 0.29) is 12.3 Å². The van der Waals surface area contributed by atoms with Crippen molar-refractivity contribution >= 4 is 17.3 Å². The molecule has 0 aromatic heterocycles. The van der Waals surface area contributed by atoms with Crippen LogP contribution in [0.3, 0.4) is 0 Å². The number of anilines is 2. The Balaban J connectivity index is 1.65. The second-order valence-corrected chi connectivity index (χ2v) is 5.65. The van der Waals surface area contributed by atoms with Crippen molar-refractivity contribution in [2.45, 2.75) is 19.3 Å². The van der Waals surface area contributed by atoms with Crippen molar-refractivity contribution in [3.63, 3.8) is 0 Å². The Hall–Kier alpha value is -2.43. The summed E-state index contributed by atoms with van der Waals surface area (Å²) in [6.07, 6.45) is 1.75. The number of amides is 1. The summed E-state index contributed by atoms with van der Waals surface area (Å²) in [6, 6.07) is 11.5. The molecule has 1 heterocycles. The first-order chi connectivity index (χ1) is 11.1. The molecule has 0 radical (unpaired) electrons. The van der Waals surface area contributed by atoms with E-state index in [1.54, 1.807) is 0 Å². The zero-order valence-electron chi connectivity index (χ0n) is 12.7. The molecule has 120 valence electrons. The van der Waals surface area contributed by atoms with Gasteiger partial charge >= 0.3 is 0 Å². The minimum atomic E-state index is -0.553. The number of benzene rings is 2. The van der Waals surface area contributed by atoms with E-state index in [4.69, 9.17) is 0 Å². The van der Waals surface area contributed by atoms with Gasteiger partial charge in [-0.2, -0.15) is 0 Å². The number of fused-ring (bicyclic) bond motifs is 1. The van der Waals surface area contributed by atoms with Crippen LogP contribution in [-0.2, 0) is 11.2 Å². The van der Waals surface area contributed by atoms with Crippen LogP contribution in [0.2, 0.25) is 0 Å². The van der Waals surface area contributed by atoms with Crippen LogP contribution < -0.4 is 10.2 Å². The quantitative estimate of drug-likeness (QED) is 0.932. The molecular weight excluding hydrogens is 298 g/mol. The molecule has 0 atom stereocenters. The molecule has 3 rings (SSSR count). The molecule has 1 aliphatic rings. The second-order valence-electron chi connectivity index (χ2n) is 5.65. The van der Waals surface area contributed by atoms with Crippen molar-refractivity contribution in [3.8, 4) is 0 Å². The highest BCUT2D eigenvalue weighted by atomic mass is 19.1. The van der Waals surface area contributed by atoms with Crippen LogP contribution in [0.4, 0.5) is 20.2 Å². The van der Waals surface area contributed by atoms with E-state index in [1.165, 1.54) is 6.07 Å². The number of hydrogen-bond donors (Lipinski definition) is 1. The highest BCUT2D eigenvalue weighted by Crippen LogP contribution is 2.31. The van der Waals surface area contributed by atoms with Gasteiger partial charge < -0.3 is 10.2 Å². The molecule has 0 saturated heterocycles. The van der Waals surface area contributed by atoms with Crippen LogP contribution in [0, 0.1) is 11.6 Å². The lowest BCUT2D eigenvalue weighted by Crippen LogP contribution is -2.33. The maximum atomic E-state index is 14.1. The Kier molecular flexibility index (Phi) is 4.55. The molecule has 0 fully saturated rings. The Morgan fingerprint density at radius 2 is 1.96 bits per heavy atom. The fourth-order valence-electron chi connectivity index (χ4n) is 2.94. The van der Waals surface area contributed by atoms with Crippen LogP contribution in [0.5, 0.6) is 0 Å². The average Bonchev–Trinajstić information content (AvgIpc) is 2.53. The number of nitrogens with one attached hydrogen (secondary N) is 1. The van der Waals surface area contributed by atoms with Crippen LogP contribution in [0.15, 0.2) is 42.5 Å². The molecule has 0 unspecified atom stereocenters. The van der Waals surface area contributed by atoms with Crippen molar-refractivity contribution in [3.05, 3.63) is 59.7 Å². The second kappa shape index (κ2) is 6.77. The highest BCUT2D eigenvalue weighted by Gasteiger charge is 2.22. The highest BCUT2D eigenvalue weighted by molar-refractivity contribution is 5.91. The minimum absolute atomic E-state index is 0.120. The van der Waals surface area contributed by atoms with Crippen LogP contribution in [0.1, 0.15) is 18.4 Å². The van der Waals surface area contributed by atoms with Gasteiger partial charge in [-0.3, -0.25) is 4.79 Å². The molecule has 0 saturated carbocycles. The molecule has 2 aromatic rings. The molecule has 1 N–H and O–H groups in total. The van der Waals surface area contributed by atoms with E-state index >= 15 is 0 Å². The van der Waals surface area contributed by atoms with Gasteiger partial charge in [0.2, 0.25) is 5.91 Å². The number of halogens is 2. The topological polar surface area (TPSA) is 32.3 Å². The van der Waals surface area contributed by atoms with Crippen LogP contribution >= 0.6 is 0 Å². The largest absolute Gasteiger partial charge is 0.368 e. The summed E-state index contributed by atoms with van der Waals surface area (Å²) < 4.78 is 27.4. The Labute approximate surface area is 133 Å². The third kappa shape index (κ3) is 3.67. The number of hydrogen-bond acceptors (Lipinski definition) is 2. The fraction of sp³-hybridized carbons (Fsp3) is 0.278. The number of nitrogens with zero attached hydrogens (tertiary/aromatic N) is 1. The molecule has 0 spiro atoms. The molecule has 1 amide bonds. The molecule has 23 heavy (non-hydrogen) atoms. The van der Waals surface area contributed by atoms with Gasteiger partial charge in [0.25, 0.3) is 0 Å². The van der Waals surface area contributed by atoms with Crippen molar-refractivity contribution in [1.29, 1.82) is 0 Å². The number of carbonyl (C=O) groups is 1. The number of aryl methyl sites for hydroxylation is 1. The minimum Gasteiger partial charge on any atom is -0.368 e. The van der Waals surface area contributed by atoms with Crippen molar-refractivity contribution in [1.82, 2.24) is 0 Å². The normalized spacial score (nSPS) is 13.6. The standard InChI is InChI=1S/C18H18F2N2O/c19-14-11-13-5-4-9-22(18(13)16(20)12-14)10-8-17(23)21-15-6-2-1-3-7-15/h1-3,6-7,11-12H,4-5,8-10H2,(H,21,23). The van der Waals surface area contributed by atoms with Gasteiger partial charge in [0.15, 0.2) is 0 Å². The predicted octanol–water partition coefficient (Wildman–Crippen LogP) is 3.75. The molecule has 5 heteroatoms. The van der Waals surface area contributed by atoms with Gasteiger partial charge in [-0.15, -0.1) is 0 Å². The van der Waals surface area contributed by atoms with E-state index in [9.17, 15) is 13.6 Å². The number of carbonyl (C=O) groups excluding carboxylic acids is 1. The lowest BCUT2D eigenvalue weighted by molar-refractivity contribution is -0.116. The Morgan fingerprint density at radius 1 is 1.17 bits per heavy atom. The molecule has 2 aromatic carbocycles. The Bertz CT molecular complexity index is 704. The maximum Gasteiger partial charge on any atom is 0.226 e. The Morgan fingerprint density at radius 3 is 2.74 bits per heavy atom. The summed E-state index contributed by atoms with van der Waals surface area (Å²) in [5, 5.41) is 2.81. The summed E-state index contributed by atoms with van der Waals surface area (Å²) in [5.41, 5.74) is 1.85. The maximum absolute atomic E-state index is 14.1. The van der Waals surface area contributed by atoms with Gasteiger partial charge in [0.1, 0.15) is 11.6 Å². The molecule has 1 aliphatic heterocycles. The van der Waals surface area contributed by atoms with Gasteiger partial charge in [0, 0.05) is 31.3 Å². The van der Waals surface area contributed by atoms with E-state index in [1.807, 2.05) is 35.2 Å². The fourth-order valence-corrected chi connectivity index (χ4v) is 2.94. The monoisotopic (exact) mass is 316 g/mol. The predicted molar refractivity (Wildman–Crippen MR) is 86.6 cm³/mol. The van der Waals surface area contributed by atoms with Gasteiger partial charge in [0.05, 0.1) is 5.69 Å². The number of para-hydroxylation sites is 1. The van der Waals surface area contributed by atoms with Crippen molar-refractivity contribution < 1.29 is 13.6 Å². The first-order valence-corrected chi connectivity index (χ1v) is 7.71. The third-order valence-corrected chi connectivity index (χ3v) is 3.96. The summed E-state index contributed by atoms with van der Waals surface area (Å²) in [4.78, 5) is 13.8. The smallest absolute Gasteiger partial charge is 0.226 e. The van der Waals surface area contributed by atoms with Crippen molar-refractivity contribution in [2.24, 2.45) is 0 Å². The first-order valence-electron chi connectivity index (χ1n) is 7.71. The van der Waals surface area contributed by atoms with Crippen LogP contribution in [-0.4, -0.2) is 19.0 Å². The molecule has 3 nitrogen and oxygen atoms in total. The lowest BCUT2D eigenvalue weighted by atomic mass is 10.0. The van der Waals surface area contributed by atoms with Crippen molar-refractivity contribution in [2.75, 3.05) is 23.3 Å². The molecular formula is C18H18F2N2O. The third-order valence-electron chi connectivity index (χ3n) is 3.96. The van der Waals surface area contributed by atoms with E-state index in [0.29, 0.717) is 30.8 Å². The van der Waals surface area contributed by atoms with E-state index in [2.05, 4.69) is 5.32 Å². The summed E-state index contributed by atoms with van der Waals surface area (Å²) >= 11 is 0. The summed E-state index contributed by atoms with van der Waals surface area (Å²) in [7, 11) is 0. The zero-order valence-corrected chi connectivity index (χ0v) is 12.7. The molecule has 0 aliphatic carbocycles. The number of rotatable bonds is 4. The summed E-state index contributed by atoms with van der Waals surface area (Å²) in [6.45, 7) is 1.09. The van der Waals surface area contributed by atoms with Gasteiger partial charge in [-0.25, -0.2) is 8.78 Å². The van der Waals surface area contributed by atoms with E-state index in [0.717, 1.165) is 18.2 Å². The van der Waals surface area contributed by atoms with Crippen LogP contribution in [0.25, 0.3) is 0 Å². The first kappa shape index (κ1) is 15.5.